The van der Waals surface area contributed by atoms with Gasteiger partial charge >= 0.3 is 0 Å². The zero-order chi connectivity index (χ0) is 22.7. The summed E-state index contributed by atoms with van der Waals surface area (Å²) in [5.41, 5.74) is 4.42. The topological polar surface area (TPSA) is 79.3 Å². The summed E-state index contributed by atoms with van der Waals surface area (Å²) in [7, 11) is 5.54. The molecule has 2 aromatic heterocycles. The van der Waals surface area contributed by atoms with Crippen LogP contribution in [0.2, 0.25) is 0 Å². The molecular weight excluding hydrogens is 404 g/mol. The molecule has 166 valence electrons. The van der Waals surface area contributed by atoms with E-state index in [0.29, 0.717) is 25.5 Å². The Kier molecular flexibility index (Phi) is 6.23. The number of carbonyl (C=O) groups is 1. The van der Waals surface area contributed by atoms with Crippen LogP contribution in [-0.4, -0.2) is 63.6 Å². The number of fused-ring (bicyclic) bond motifs is 1. The van der Waals surface area contributed by atoms with Crippen LogP contribution >= 0.6 is 0 Å². The van der Waals surface area contributed by atoms with Crippen LogP contribution in [0.5, 0.6) is 5.75 Å². The van der Waals surface area contributed by atoms with Gasteiger partial charge in [0.25, 0.3) is 5.91 Å². The van der Waals surface area contributed by atoms with Crippen molar-refractivity contribution in [3.63, 3.8) is 0 Å². The van der Waals surface area contributed by atoms with Crippen LogP contribution in [0.4, 0.5) is 0 Å². The number of hydrogen-bond acceptors (Lipinski definition) is 5. The smallest absolute Gasteiger partial charge is 0.276 e. The highest BCUT2D eigenvalue weighted by molar-refractivity contribution is 6.05. The molecular formula is C24H28N6O2. The number of carbonyl (C=O) groups excluding carboxylic acids is 1. The number of hydrogen-bond donors (Lipinski definition) is 1. The Balaban J connectivity index is 1.71. The van der Waals surface area contributed by atoms with Crippen LogP contribution in [0, 0.1) is 0 Å². The minimum atomic E-state index is -0.102. The standard InChI is InChI=1S/C24H28N6O2/c1-5-30-22-12-18(19-13-25-26-14-19)9-10-21(22)23(27-30)24(31)29(16-28(2)3)15-17-7-6-8-20(11-17)32-4/h6-14H,5,15-16H2,1-4H3,(H,25,26). The molecule has 0 spiro atoms. The molecule has 2 aromatic carbocycles. The average molecular weight is 433 g/mol. The van der Waals surface area contributed by atoms with E-state index in [1.54, 1.807) is 18.2 Å². The van der Waals surface area contributed by atoms with Crippen LogP contribution < -0.4 is 4.74 Å². The van der Waals surface area contributed by atoms with E-state index in [4.69, 9.17) is 9.84 Å². The molecule has 4 aromatic rings. The van der Waals surface area contributed by atoms with E-state index < -0.39 is 0 Å². The fraction of sp³-hybridized carbons (Fsp3) is 0.292. The van der Waals surface area contributed by atoms with Gasteiger partial charge in [-0.2, -0.15) is 10.2 Å². The second kappa shape index (κ2) is 9.23. The van der Waals surface area contributed by atoms with Crippen molar-refractivity contribution in [1.29, 1.82) is 0 Å². The van der Waals surface area contributed by atoms with Gasteiger partial charge in [0.15, 0.2) is 5.69 Å². The molecule has 0 fully saturated rings. The Morgan fingerprint density at radius 3 is 2.69 bits per heavy atom. The van der Waals surface area contributed by atoms with E-state index >= 15 is 0 Å². The molecule has 1 amide bonds. The third kappa shape index (κ3) is 4.36. The summed E-state index contributed by atoms with van der Waals surface area (Å²) in [4.78, 5) is 17.5. The normalized spacial score (nSPS) is 11.3. The van der Waals surface area contributed by atoms with Gasteiger partial charge in [0.05, 0.1) is 25.5 Å². The van der Waals surface area contributed by atoms with E-state index in [9.17, 15) is 4.79 Å². The van der Waals surface area contributed by atoms with Gasteiger partial charge in [-0.05, 0) is 56.4 Å². The monoisotopic (exact) mass is 432 g/mol. The van der Waals surface area contributed by atoms with E-state index in [1.165, 1.54) is 0 Å². The first-order chi connectivity index (χ1) is 15.5. The van der Waals surface area contributed by atoms with Gasteiger partial charge < -0.3 is 9.64 Å². The second-order valence-electron chi connectivity index (χ2n) is 7.96. The quantitative estimate of drug-likeness (QED) is 0.430. The van der Waals surface area contributed by atoms with E-state index in [1.807, 2.05) is 73.2 Å². The predicted molar refractivity (Wildman–Crippen MR) is 124 cm³/mol. The van der Waals surface area contributed by atoms with Gasteiger partial charge in [-0.3, -0.25) is 19.5 Å². The molecule has 8 nitrogen and oxygen atoms in total. The summed E-state index contributed by atoms with van der Waals surface area (Å²) in [5, 5.41) is 12.4. The van der Waals surface area contributed by atoms with Gasteiger partial charge in [0.1, 0.15) is 5.75 Å². The van der Waals surface area contributed by atoms with E-state index in [0.717, 1.165) is 33.3 Å². The Morgan fingerprint density at radius 2 is 2.00 bits per heavy atom. The zero-order valence-corrected chi connectivity index (χ0v) is 18.9. The molecule has 1 N–H and O–H groups in total. The number of aryl methyl sites for hydroxylation is 1. The summed E-state index contributed by atoms with van der Waals surface area (Å²) < 4.78 is 7.22. The Labute approximate surface area is 187 Å². The summed E-state index contributed by atoms with van der Waals surface area (Å²) in [6, 6.07) is 13.8. The van der Waals surface area contributed by atoms with Gasteiger partial charge in [-0.1, -0.05) is 18.2 Å². The van der Waals surface area contributed by atoms with Crippen LogP contribution in [0.1, 0.15) is 23.0 Å². The first-order valence-electron chi connectivity index (χ1n) is 10.6. The van der Waals surface area contributed by atoms with Crippen molar-refractivity contribution in [2.45, 2.75) is 20.0 Å². The minimum absolute atomic E-state index is 0.102. The highest BCUT2D eigenvalue weighted by atomic mass is 16.5. The van der Waals surface area contributed by atoms with E-state index in [-0.39, 0.29) is 5.91 Å². The van der Waals surface area contributed by atoms with Crippen LogP contribution in [-0.2, 0) is 13.1 Å². The number of aromatic nitrogens is 4. The van der Waals surface area contributed by atoms with Crippen LogP contribution in [0.15, 0.2) is 54.9 Å². The summed E-state index contributed by atoms with van der Waals surface area (Å²) in [5.74, 6) is 0.669. The molecule has 0 atom stereocenters. The molecule has 0 saturated carbocycles. The lowest BCUT2D eigenvalue weighted by atomic mass is 10.1. The minimum Gasteiger partial charge on any atom is -0.497 e. The highest BCUT2D eigenvalue weighted by Gasteiger charge is 2.24. The lowest BCUT2D eigenvalue weighted by Gasteiger charge is -2.25. The van der Waals surface area contributed by atoms with Gasteiger partial charge in [-0.25, -0.2) is 0 Å². The Bertz CT molecular complexity index is 1210. The number of benzene rings is 2. The van der Waals surface area contributed by atoms with Crippen molar-refractivity contribution in [2.24, 2.45) is 0 Å². The molecule has 32 heavy (non-hydrogen) atoms. The van der Waals surface area contributed by atoms with Gasteiger partial charge in [0.2, 0.25) is 0 Å². The molecule has 0 aliphatic heterocycles. The van der Waals surface area contributed by atoms with Crippen molar-refractivity contribution < 1.29 is 9.53 Å². The molecule has 0 aliphatic rings. The van der Waals surface area contributed by atoms with Crippen molar-refractivity contribution in [2.75, 3.05) is 27.9 Å². The largest absolute Gasteiger partial charge is 0.497 e. The molecule has 0 radical (unpaired) electrons. The lowest BCUT2D eigenvalue weighted by Crippen LogP contribution is -2.38. The summed E-state index contributed by atoms with van der Waals surface area (Å²) in [6.07, 6.45) is 3.64. The highest BCUT2D eigenvalue weighted by Crippen LogP contribution is 2.27. The third-order valence-corrected chi connectivity index (χ3v) is 5.33. The number of aromatic amines is 1. The zero-order valence-electron chi connectivity index (χ0n) is 18.9. The molecule has 8 heteroatoms. The molecule has 0 bridgehead atoms. The molecule has 0 saturated heterocycles. The second-order valence-corrected chi connectivity index (χ2v) is 7.96. The first kappa shape index (κ1) is 21.6. The fourth-order valence-corrected chi connectivity index (χ4v) is 3.83. The van der Waals surface area contributed by atoms with Crippen LogP contribution in [0.3, 0.4) is 0 Å². The Hall–Kier alpha value is -3.65. The van der Waals surface area contributed by atoms with Gasteiger partial charge in [0, 0.05) is 30.2 Å². The summed E-state index contributed by atoms with van der Waals surface area (Å²) >= 11 is 0. The van der Waals surface area contributed by atoms with E-state index in [2.05, 4.69) is 16.3 Å². The van der Waals surface area contributed by atoms with Crippen molar-refractivity contribution in [3.05, 3.63) is 66.1 Å². The fourth-order valence-electron chi connectivity index (χ4n) is 3.83. The third-order valence-electron chi connectivity index (χ3n) is 5.33. The number of rotatable bonds is 8. The number of nitrogens with one attached hydrogen (secondary N) is 1. The predicted octanol–water partition coefficient (Wildman–Crippen LogP) is 3.62. The SMILES string of the molecule is CCn1nc(C(=O)N(Cc2cccc(OC)c2)CN(C)C)c2ccc(-c3cn[nH]c3)cc21. The molecule has 0 aliphatic carbocycles. The van der Waals surface area contributed by atoms with Crippen molar-refractivity contribution in [1.82, 2.24) is 29.8 Å². The average Bonchev–Trinajstić information content (AvgIpc) is 3.46. The Morgan fingerprint density at radius 1 is 1.16 bits per heavy atom. The molecule has 2 heterocycles. The number of H-pyrrole nitrogens is 1. The maximum absolute atomic E-state index is 13.7. The van der Waals surface area contributed by atoms with Gasteiger partial charge in [-0.15, -0.1) is 0 Å². The maximum atomic E-state index is 13.7. The molecule has 0 unspecified atom stereocenters. The van der Waals surface area contributed by atoms with Crippen molar-refractivity contribution in [3.8, 4) is 16.9 Å². The summed E-state index contributed by atoms with van der Waals surface area (Å²) in [6.45, 7) is 3.63. The maximum Gasteiger partial charge on any atom is 0.276 e. The number of ether oxygens (including phenoxy) is 1. The first-order valence-corrected chi connectivity index (χ1v) is 10.6. The molecule has 4 rings (SSSR count). The van der Waals surface area contributed by atoms with Crippen LogP contribution in [0.25, 0.3) is 22.0 Å². The number of nitrogens with zero attached hydrogens (tertiary/aromatic N) is 5. The lowest BCUT2D eigenvalue weighted by molar-refractivity contribution is 0.0653. The van der Waals surface area contributed by atoms with Crippen molar-refractivity contribution >= 4 is 16.8 Å². The number of amides is 1. The number of methoxy groups -OCH3 is 1.